The first kappa shape index (κ1) is 16.6. The van der Waals surface area contributed by atoms with Crippen LogP contribution in [0.25, 0.3) is 21.8 Å². The fourth-order valence-corrected chi connectivity index (χ4v) is 3.08. The molecule has 0 unspecified atom stereocenters. The van der Waals surface area contributed by atoms with E-state index in [-0.39, 0.29) is 0 Å². The van der Waals surface area contributed by atoms with Crippen molar-refractivity contribution in [3.63, 3.8) is 0 Å². The molecule has 5 heteroatoms. The van der Waals surface area contributed by atoms with Crippen molar-refractivity contribution in [1.29, 1.82) is 0 Å². The molecule has 3 rings (SSSR count). The Morgan fingerprint density at radius 1 is 1.00 bits per heavy atom. The maximum atomic E-state index is 5.40. The Labute approximate surface area is 147 Å². The second-order valence-corrected chi connectivity index (χ2v) is 6.11. The van der Waals surface area contributed by atoms with Crippen LogP contribution < -0.4 is 14.8 Å². The lowest BCUT2D eigenvalue weighted by atomic mass is 10.1. The Bertz CT molecular complexity index is 825. The van der Waals surface area contributed by atoms with Gasteiger partial charge in [-0.05, 0) is 30.7 Å². The van der Waals surface area contributed by atoms with Gasteiger partial charge in [-0.2, -0.15) is 0 Å². The first-order valence-corrected chi connectivity index (χ1v) is 8.49. The molecule has 1 aromatic heterocycles. The molecule has 4 nitrogen and oxygen atoms in total. The van der Waals surface area contributed by atoms with Gasteiger partial charge >= 0.3 is 0 Å². The van der Waals surface area contributed by atoms with Gasteiger partial charge < -0.3 is 19.4 Å². The molecule has 1 heterocycles. The topological polar surface area (TPSA) is 35.4 Å². The molecule has 0 spiro atoms. The van der Waals surface area contributed by atoms with Crippen molar-refractivity contribution in [2.24, 2.45) is 0 Å². The summed E-state index contributed by atoms with van der Waals surface area (Å²) >= 11 is 5.26. The summed E-state index contributed by atoms with van der Waals surface area (Å²) in [5.74, 6) is 1.71. The number of rotatable bonds is 6. The average molecular weight is 342 g/mol. The number of ether oxygens (including phenoxy) is 2. The number of aromatic nitrogens is 1. The summed E-state index contributed by atoms with van der Waals surface area (Å²) in [6.45, 7) is 3.67. The molecule has 24 heavy (non-hydrogen) atoms. The Morgan fingerprint density at radius 2 is 1.54 bits per heavy atom. The number of methoxy groups -OCH3 is 2. The molecule has 0 aliphatic carbocycles. The van der Waals surface area contributed by atoms with Crippen LogP contribution in [0.15, 0.2) is 36.4 Å². The molecule has 2 aromatic carbocycles. The zero-order chi connectivity index (χ0) is 17.1. The number of hydrogen-bond donors (Lipinski definition) is 1. The van der Waals surface area contributed by atoms with Crippen LogP contribution >= 0.6 is 12.2 Å². The monoisotopic (exact) mass is 342 g/mol. The summed E-state index contributed by atoms with van der Waals surface area (Å²) in [6.07, 6.45) is 0.865. The first-order valence-electron chi connectivity index (χ1n) is 8.08. The lowest BCUT2D eigenvalue weighted by Crippen LogP contribution is -2.24. The second kappa shape index (κ2) is 7.09. The van der Waals surface area contributed by atoms with Gasteiger partial charge in [-0.25, -0.2) is 0 Å². The van der Waals surface area contributed by atoms with Crippen molar-refractivity contribution in [3.8, 4) is 11.5 Å². The lowest BCUT2D eigenvalue weighted by Gasteiger charge is -2.11. The Hall–Kier alpha value is -2.27. The van der Waals surface area contributed by atoms with E-state index in [1.54, 1.807) is 14.2 Å². The number of hydrogen-bond acceptors (Lipinski definition) is 3. The van der Waals surface area contributed by atoms with E-state index < -0.39 is 0 Å². The minimum Gasteiger partial charge on any atom is -0.497 e. The van der Waals surface area contributed by atoms with Gasteiger partial charge in [0.1, 0.15) is 11.5 Å². The molecule has 0 aliphatic rings. The quantitative estimate of drug-likeness (QED) is 0.683. The zero-order valence-electron chi connectivity index (χ0n) is 14.3. The number of thiocarbonyl (C=S) groups is 1. The third-order valence-corrected chi connectivity index (χ3v) is 4.69. The zero-order valence-corrected chi connectivity index (χ0v) is 15.1. The van der Waals surface area contributed by atoms with E-state index in [0.717, 1.165) is 47.0 Å². The third kappa shape index (κ3) is 3.04. The summed E-state index contributed by atoms with van der Waals surface area (Å²) < 4.78 is 13.1. The lowest BCUT2D eigenvalue weighted by molar-refractivity contribution is 0.415. The van der Waals surface area contributed by atoms with E-state index in [1.807, 2.05) is 12.1 Å². The Balaban J connectivity index is 2.10. The predicted octanol–water partition coefficient (Wildman–Crippen LogP) is 4.14. The van der Waals surface area contributed by atoms with Crippen LogP contribution in [0.3, 0.4) is 0 Å². The van der Waals surface area contributed by atoms with Crippen molar-refractivity contribution in [3.05, 3.63) is 36.4 Å². The minimum atomic E-state index is 0.792. The molecule has 0 fully saturated rings. The molecule has 1 N–H and O–H groups in total. The smallest absolute Gasteiger partial charge is 0.120 e. The molecule has 0 atom stereocenters. The minimum absolute atomic E-state index is 0.792. The highest BCUT2D eigenvalue weighted by Crippen LogP contribution is 2.33. The van der Waals surface area contributed by atoms with E-state index in [0.29, 0.717) is 0 Å². The summed E-state index contributed by atoms with van der Waals surface area (Å²) in [5, 5.41) is 5.73. The number of nitrogens with one attached hydrogen (secondary N) is 1. The predicted molar refractivity (Wildman–Crippen MR) is 103 cm³/mol. The van der Waals surface area contributed by atoms with E-state index in [1.165, 1.54) is 10.8 Å². The van der Waals surface area contributed by atoms with Crippen molar-refractivity contribution < 1.29 is 9.47 Å². The molecule has 3 aromatic rings. The molecule has 0 aliphatic heterocycles. The number of fused-ring (bicyclic) bond motifs is 3. The van der Waals surface area contributed by atoms with Crippen molar-refractivity contribution >= 4 is 39.0 Å². The highest BCUT2D eigenvalue weighted by atomic mass is 32.1. The average Bonchev–Trinajstić information content (AvgIpc) is 2.93. The van der Waals surface area contributed by atoms with E-state index in [9.17, 15) is 0 Å². The van der Waals surface area contributed by atoms with Crippen LogP contribution in [0.1, 0.15) is 13.3 Å². The van der Waals surface area contributed by atoms with Crippen molar-refractivity contribution in [1.82, 2.24) is 9.88 Å². The number of nitrogens with zero attached hydrogens (tertiary/aromatic N) is 1. The molecule has 126 valence electrons. The standard InChI is InChI=1S/C19H22N2O2S/c1-4-19(24)20-9-10-21-17-11-13(22-2)5-7-15(17)16-8-6-14(23-3)12-18(16)21/h5-8,11-12H,4,9-10H2,1-3H3,(H,20,24). The third-order valence-electron chi connectivity index (χ3n) is 4.26. The van der Waals surface area contributed by atoms with E-state index in [2.05, 4.69) is 41.1 Å². The number of benzene rings is 2. The normalized spacial score (nSPS) is 11.0. The Kier molecular flexibility index (Phi) is 4.90. The van der Waals surface area contributed by atoms with Crippen LogP contribution in [-0.4, -0.2) is 30.3 Å². The van der Waals surface area contributed by atoms with E-state index >= 15 is 0 Å². The SMILES string of the molecule is CCC(=S)NCCn1c2cc(OC)ccc2c2ccc(OC)cc21. The Morgan fingerprint density at radius 3 is 2.00 bits per heavy atom. The molecule has 0 saturated heterocycles. The van der Waals surface area contributed by atoms with Gasteiger partial charge in [0, 0.05) is 36.0 Å². The van der Waals surface area contributed by atoms with E-state index in [4.69, 9.17) is 21.7 Å². The summed E-state index contributed by atoms with van der Waals surface area (Å²) in [6, 6.07) is 12.4. The summed E-state index contributed by atoms with van der Waals surface area (Å²) in [7, 11) is 3.39. The van der Waals surface area contributed by atoms with Crippen LogP contribution in [0.5, 0.6) is 11.5 Å². The first-order chi connectivity index (χ1) is 11.7. The van der Waals surface area contributed by atoms with Gasteiger partial charge in [-0.1, -0.05) is 19.1 Å². The molecule has 0 bridgehead atoms. The second-order valence-electron chi connectivity index (χ2n) is 5.62. The maximum absolute atomic E-state index is 5.40. The molecule has 0 amide bonds. The summed E-state index contributed by atoms with van der Waals surface area (Å²) in [5.41, 5.74) is 2.31. The van der Waals surface area contributed by atoms with Gasteiger partial charge in [0.2, 0.25) is 0 Å². The molecular weight excluding hydrogens is 320 g/mol. The van der Waals surface area contributed by atoms with Crippen LogP contribution in [-0.2, 0) is 6.54 Å². The van der Waals surface area contributed by atoms with Crippen LogP contribution in [0, 0.1) is 0 Å². The van der Waals surface area contributed by atoms with Crippen LogP contribution in [0.4, 0.5) is 0 Å². The fourth-order valence-electron chi connectivity index (χ4n) is 2.98. The summed E-state index contributed by atoms with van der Waals surface area (Å²) in [4.78, 5) is 0.894. The molecule has 0 saturated carbocycles. The van der Waals surface area contributed by atoms with Gasteiger partial charge in [0.25, 0.3) is 0 Å². The van der Waals surface area contributed by atoms with Crippen molar-refractivity contribution in [2.75, 3.05) is 20.8 Å². The molecular formula is C19H22N2O2S. The van der Waals surface area contributed by atoms with Crippen molar-refractivity contribution in [2.45, 2.75) is 19.9 Å². The largest absolute Gasteiger partial charge is 0.497 e. The molecule has 0 radical (unpaired) electrons. The van der Waals surface area contributed by atoms with Gasteiger partial charge in [-0.3, -0.25) is 0 Å². The van der Waals surface area contributed by atoms with Gasteiger partial charge in [0.05, 0.1) is 30.2 Å². The van der Waals surface area contributed by atoms with Gasteiger partial charge in [0.15, 0.2) is 0 Å². The highest BCUT2D eigenvalue weighted by molar-refractivity contribution is 7.80. The maximum Gasteiger partial charge on any atom is 0.120 e. The highest BCUT2D eigenvalue weighted by Gasteiger charge is 2.12. The van der Waals surface area contributed by atoms with Gasteiger partial charge in [-0.15, -0.1) is 0 Å². The fraction of sp³-hybridized carbons (Fsp3) is 0.316. The van der Waals surface area contributed by atoms with Crippen LogP contribution in [0.2, 0.25) is 0 Å².